The van der Waals surface area contributed by atoms with Crippen molar-refractivity contribution < 1.29 is 4.79 Å². The SMILES string of the molecule is N#Cc1nccn1-c1ccc(C(N)=O)cn1. The van der Waals surface area contributed by atoms with E-state index in [0.717, 1.165) is 0 Å². The standard InChI is InChI=1S/C10H7N5O/c11-5-9-13-3-4-15(9)8-2-1-7(6-14-8)10(12)16/h1-4,6H,(H2,12,16). The lowest BCUT2D eigenvalue weighted by atomic mass is 10.3. The van der Waals surface area contributed by atoms with Gasteiger partial charge in [0.25, 0.3) is 0 Å². The Hall–Kier alpha value is -2.68. The molecule has 0 saturated heterocycles. The Morgan fingerprint density at radius 1 is 1.44 bits per heavy atom. The van der Waals surface area contributed by atoms with E-state index in [1.807, 2.05) is 6.07 Å². The van der Waals surface area contributed by atoms with Gasteiger partial charge >= 0.3 is 0 Å². The third kappa shape index (κ3) is 1.62. The van der Waals surface area contributed by atoms with Crippen LogP contribution in [-0.4, -0.2) is 20.4 Å². The zero-order chi connectivity index (χ0) is 11.5. The molecular weight excluding hydrogens is 206 g/mol. The topological polar surface area (TPSA) is 97.6 Å². The van der Waals surface area contributed by atoms with Crippen molar-refractivity contribution in [2.45, 2.75) is 0 Å². The number of rotatable bonds is 2. The molecule has 0 unspecified atom stereocenters. The molecule has 2 aromatic heterocycles. The molecule has 0 saturated carbocycles. The maximum atomic E-state index is 10.8. The highest BCUT2D eigenvalue weighted by atomic mass is 16.1. The van der Waals surface area contributed by atoms with Gasteiger partial charge < -0.3 is 5.73 Å². The number of aromatic nitrogens is 3. The first kappa shape index (κ1) is 9.86. The quantitative estimate of drug-likeness (QED) is 0.772. The van der Waals surface area contributed by atoms with Gasteiger partial charge in [0.05, 0.1) is 5.56 Å². The summed E-state index contributed by atoms with van der Waals surface area (Å²) in [5.41, 5.74) is 5.41. The van der Waals surface area contributed by atoms with Gasteiger partial charge in [0.15, 0.2) is 0 Å². The van der Waals surface area contributed by atoms with Crippen molar-refractivity contribution in [2.24, 2.45) is 5.73 Å². The molecule has 6 heteroatoms. The average Bonchev–Trinajstić information content (AvgIpc) is 2.77. The van der Waals surface area contributed by atoms with Crippen LogP contribution in [0.15, 0.2) is 30.7 Å². The van der Waals surface area contributed by atoms with Crippen molar-refractivity contribution in [1.82, 2.24) is 14.5 Å². The van der Waals surface area contributed by atoms with Crippen molar-refractivity contribution in [3.8, 4) is 11.9 Å². The number of nitrogens with two attached hydrogens (primary N) is 1. The van der Waals surface area contributed by atoms with E-state index in [9.17, 15) is 4.79 Å². The molecule has 0 aliphatic carbocycles. The number of carbonyl (C=O) groups excluding carboxylic acids is 1. The first-order valence-electron chi connectivity index (χ1n) is 4.42. The Balaban J connectivity index is 2.43. The summed E-state index contributed by atoms with van der Waals surface area (Å²) >= 11 is 0. The highest BCUT2D eigenvalue weighted by Crippen LogP contribution is 2.07. The van der Waals surface area contributed by atoms with Gasteiger partial charge in [0, 0.05) is 18.6 Å². The smallest absolute Gasteiger partial charge is 0.250 e. The second-order valence-electron chi connectivity index (χ2n) is 3.00. The van der Waals surface area contributed by atoms with Crippen LogP contribution in [0.4, 0.5) is 0 Å². The summed E-state index contributed by atoms with van der Waals surface area (Å²) in [7, 11) is 0. The molecule has 0 aliphatic rings. The molecule has 78 valence electrons. The molecule has 2 rings (SSSR count). The highest BCUT2D eigenvalue weighted by molar-refractivity contribution is 5.92. The average molecular weight is 213 g/mol. The van der Waals surface area contributed by atoms with E-state index < -0.39 is 5.91 Å². The number of primary amides is 1. The van der Waals surface area contributed by atoms with Crippen LogP contribution in [0.1, 0.15) is 16.2 Å². The molecule has 0 aromatic carbocycles. The Kier molecular flexibility index (Phi) is 2.36. The van der Waals surface area contributed by atoms with Crippen molar-refractivity contribution in [3.63, 3.8) is 0 Å². The number of carbonyl (C=O) groups is 1. The largest absolute Gasteiger partial charge is 0.366 e. The summed E-state index contributed by atoms with van der Waals surface area (Å²) in [6.45, 7) is 0. The third-order valence-electron chi connectivity index (χ3n) is 2.02. The van der Waals surface area contributed by atoms with Crippen LogP contribution in [0.2, 0.25) is 0 Å². The van der Waals surface area contributed by atoms with Crippen LogP contribution in [0.25, 0.3) is 5.82 Å². The van der Waals surface area contributed by atoms with Gasteiger partial charge in [-0.3, -0.25) is 9.36 Å². The van der Waals surface area contributed by atoms with Crippen molar-refractivity contribution in [2.75, 3.05) is 0 Å². The van der Waals surface area contributed by atoms with Gasteiger partial charge in [-0.2, -0.15) is 5.26 Å². The summed E-state index contributed by atoms with van der Waals surface area (Å²) in [5, 5.41) is 8.78. The molecular formula is C10H7N5O. The van der Waals surface area contributed by atoms with Crippen LogP contribution in [0.5, 0.6) is 0 Å². The molecule has 2 N–H and O–H groups in total. The Morgan fingerprint density at radius 2 is 2.25 bits per heavy atom. The normalized spacial score (nSPS) is 9.69. The minimum atomic E-state index is -0.537. The zero-order valence-corrected chi connectivity index (χ0v) is 8.16. The molecule has 0 bridgehead atoms. The molecule has 2 heterocycles. The van der Waals surface area contributed by atoms with Crippen LogP contribution in [0, 0.1) is 11.3 Å². The maximum Gasteiger partial charge on any atom is 0.250 e. The summed E-state index contributed by atoms with van der Waals surface area (Å²) in [6.07, 6.45) is 4.48. The molecule has 1 amide bonds. The number of hydrogen-bond donors (Lipinski definition) is 1. The molecule has 0 radical (unpaired) electrons. The predicted molar refractivity (Wildman–Crippen MR) is 54.6 cm³/mol. The first-order valence-corrected chi connectivity index (χ1v) is 4.42. The van der Waals surface area contributed by atoms with Crippen LogP contribution < -0.4 is 5.73 Å². The number of nitriles is 1. The summed E-state index contributed by atoms with van der Waals surface area (Å²) < 4.78 is 1.52. The van der Waals surface area contributed by atoms with Crippen molar-refractivity contribution >= 4 is 5.91 Å². The lowest BCUT2D eigenvalue weighted by molar-refractivity contribution is 0.1000. The van der Waals surface area contributed by atoms with E-state index in [1.54, 1.807) is 18.3 Å². The second-order valence-corrected chi connectivity index (χ2v) is 3.00. The fraction of sp³-hybridized carbons (Fsp3) is 0. The Morgan fingerprint density at radius 3 is 2.81 bits per heavy atom. The van der Waals surface area contributed by atoms with Crippen molar-refractivity contribution in [3.05, 3.63) is 42.1 Å². The van der Waals surface area contributed by atoms with Gasteiger partial charge in [-0.15, -0.1) is 0 Å². The molecule has 2 aromatic rings. The maximum absolute atomic E-state index is 10.8. The summed E-state index contributed by atoms with van der Waals surface area (Å²) in [5.74, 6) is 0.212. The monoisotopic (exact) mass is 213 g/mol. The van der Waals surface area contributed by atoms with Crippen LogP contribution in [0.3, 0.4) is 0 Å². The van der Waals surface area contributed by atoms with Crippen LogP contribution >= 0.6 is 0 Å². The molecule has 0 atom stereocenters. The zero-order valence-electron chi connectivity index (χ0n) is 8.16. The van der Waals surface area contributed by atoms with Gasteiger partial charge in [-0.25, -0.2) is 9.97 Å². The predicted octanol–water partition coefficient (Wildman–Crippen LogP) is 0.238. The summed E-state index contributed by atoms with van der Waals surface area (Å²) in [4.78, 5) is 18.7. The van der Waals surface area contributed by atoms with E-state index in [1.165, 1.54) is 17.0 Å². The molecule has 16 heavy (non-hydrogen) atoms. The van der Waals surface area contributed by atoms with Gasteiger partial charge in [0.1, 0.15) is 11.9 Å². The number of imidazole rings is 1. The molecule has 0 aliphatic heterocycles. The van der Waals surface area contributed by atoms with Gasteiger partial charge in [0.2, 0.25) is 11.7 Å². The van der Waals surface area contributed by atoms with Gasteiger partial charge in [-0.05, 0) is 12.1 Å². The van der Waals surface area contributed by atoms with E-state index in [0.29, 0.717) is 11.4 Å². The van der Waals surface area contributed by atoms with E-state index in [4.69, 9.17) is 11.0 Å². The van der Waals surface area contributed by atoms with Gasteiger partial charge in [-0.1, -0.05) is 0 Å². The first-order chi connectivity index (χ1) is 7.72. The fourth-order valence-electron chi connectivity index (χ4n) is 1.25. The Bertz CT molecular complexity index is 564. The van der Waals surface area contributed by atoms with Crippen molar-refractivity contribution in [1.29, 1.82) is 5.26 Å². The minimum Gasteiger partial charge on any atom is -0.366 e. The van der Waals surface area contributed by atoms with E-state index >= 15 is 0 Å². The fourth-order valence-corrected chi connectivity index (χ4v) is 1.25. The highest BCUT2D eigenvalue weighted by Gasteiger charge is 2.06. The molecule has 0 fully saturated rings. The van der Waals surface area contributed by atoms with E-state index in [-0.39, 0.29) is 5.82 Å². The number of pyridine rings is 1. The number of hydrogen-bond acceptors (Lipinski definition) is 4. The third-order valence-corrected chi connectivity index (χ3v) is 2.02. The second kappa shape index (κ2) is 3.82. The number of nitrogens with zero attached hydrogens (tertiary/aromatic N) is 4. The number of amides is 1. The Labute approximate surface area is 91.0 Å². The van der Waals surface area contributed by atoms with Crippen LogP contribution in [-0.2, 0) is 0 Å². The lowest BCUT2D eigenvalue weighted by Crippen LogP contribution is -2.11. The molecule has 0 spiro atoms. The van der Waals surface area contributed by atoms with E-state index in [2.05, 4.69) is 9.97 Å². The summed E-state index contributed by atoms with van der Waals surface area (Å²) in [6, 6.07) is 5.08. The molecule has 6 nitrogen and oxygen atoms in total. The lowest BCUT2D eigenvalue weighted by Gasteiger charge is -2.02. The minimum absolute atomic E-state index is 0.235.